The van der Waals surface area contributed by atoms with Crippen LogP contribution in [0.3, 0.4) is 0 Å². The van der Waals surface area contributed by atoms with Crippen LogP contribution in [0.25, 0.3) is 0 Å². The van der Waals surface area contributed by atoms with Crippen molar-refractivity contribution in [3.63, 3.8) is 0 Å². The van der Waals surface area contributed by atoms with Crippen molar-refractivity contribution in [3.8, 4) is 0 Å². The van der Waals surface area contributed by atoms with Gasteiger partial charge in [-0.3, -0.25) is 4.79 Å². The Hall–Kier alpha value is -1.57. The van der Waals surface area contributed by atoms with E-state index in [9.17, 15) is 18.0 Å². The minimum Gasteiger partial charge on any atom is -0.361 e. The van der Waals surface area contributed by atoms with E-state index in [-0.39, 0.29) is 6.54 Å². The maximum absolute atomic E-state index is 12.0. The van der Waals surface area contributed by atoms with Crippen molar-refractivity contribution >= 4 is 5.91 Å². The highest BCUT2D eigenvalue weighted by atomic mass is 19.4. The smallest absolute Gasteiger partial charge is 0.361 e. The van der Waals surface area contributed by atoms with Crippen molar-refractivity contribution in [2.75, 3.05) is 13.7 Å². The SMILES string of the molecule is Cc1cc(CN(C)C(=O)C(C)OCC(F)(F)F)no1. The summed E-state index contributed by atoms with van der Waals surface area (Å²) in [5.74, 6) is 0.0436. The third-order valence-corrected chi connectivity index (χ3v) is 2.30. The molecule has 108 valence electrons. The van der Waals surface area contributed by atoms with Crippen molar-refractivity contribution in [1.29, 1.82) is 0 Å². The van der Waals surface area contributed by atoms with Gasteiger partial charge in [0.2, 0.25) is 0 Å². The highest BCUT2D eigenvalue weighted by Crippen LogP contribution is 2.16. The molecule has 1 unspecified atom stereocenters. The molecule has 1 heterocycles. The Kier molecular flexibility index (Phi) is 4.93. The number of halogens is 3. The van der Waals surface area contributed by atoms with Crippen LogP contribution in [-0.2, 0) is 16.1 Å². The van der Waals surface area contributed by atoms with Gasteiger partial charge in [0.15, 0.2) is 0 Å². The minimum absolute atomic E-state index is 0.149. The molecule has 0 spiro atoms. The molecule has 1 atom stereocenters. The number of ether oxygens (including phenoxy) is 1. The number of aromatic nitrogens is 1. The molecule has 0 aliphatic rings. The predicted octanol–water partition coefficient (Wildman–Crippen LogP) is 1.91. The van der Waals surface area contributed by atoms with Crippen LogP contribution in [0.15, 0.2) is 10.6 Å². The van der Waals surface area contributed by atoms with Crippen LogP contribution < -0.4 is 0 Å². The van der Waals surface area contributed by atoms with E-state index in [0.29, 0.717) is 11.5 Å². The summed E-state index contributed by atoms with van der Waals surface area (Å²) in [5.41, 5.74) is 0.524. The first-order valence-corrected chi connectivity index (χ1v) is 5.54. The number of nitrogens with zero attached hydrogens (tertiary/aromatic N) is 2. The summed E-state index contributed by atoms with van der Waals surface area (Å²) in [6, 6.07) is 1.64. The maximum Gasteiger partial charge on any atom is 0.411 e. The van der Waals surface area contributed by atoms with Crippen LogP contribution in [0.4, 0.5) is 13.2 Å². The quantitative estimate of drug-likeness (QED) is 0.826. The molecule has 1 rings (SSSR count). The molecule has 0 aliphatic heterocycles. The lowest BCUT2D eigenvalue weighted by molar-refractivity contribution is -0.188. The van der Waals surface area contributed by atoms with Crippen LogP contribution in [0.5, 0.6) is 0 Å². The molecular formula is C11H15F3N2O3. The molecule has 19 heavy (non-hydrogen) atoms. The lowest BCUT2D eigenvalue weighted by atomic mass is 10.3. The largest absolute Gasteiger partial charge is 0.411 e. The van der Waals surface area contributed by atoms with Gasteiger partial charge in [-0.2, -0.15) is 13.2 Å². The molecule has 0 radical (unpaired) electrons. The van der Waals surface area contributed by atoms with Crippen LogP contribution in [0.2, 0.25) is 0 Å². The zero-order valence-corrected chi connectivity index (χ0v) is 10.8. The van der Waals surface area contributed by atoms with Gasteiger partial charge in [-0.15, -0.1) is 0 Å². The van der Waals surface area contributed by atoms with E-state index in [1.54, 1.807) is 13.0 Å². The summed E-state index contributed by atoms with van der Waals surface area (Å²) in [4.78, 5) is 13.0. The number of amides is 1. The fraction of sp³-hybridized carbons (Fsp3) is 0.636. The molecule has 0 aromatic carbocycles. The molecule has 8 heteroatoms. The fourth-order valence-corrected chi connectivity index (χ4v) is 1.41. The number of hydrogen-bond donors (Lipinski definition) is 0. The van der Waals surface area contributed by atoms with E-state index in [2.05, 4.69) is 9.89 Å². The molecule has 1 amide bonds. The highest BCUT2D eigenvalue weighted by molar-refractivity contribution is 5.80. The zero-order valence-electron chi connectivity index (χ0n) is 10.8. The van der Waals surface area contributed by atoms with Crippen molar-refractivity contribution in [1.82, 2.24) is 10.1 Å². The fourth-order valence-electron chi connectivity index (χ4n) is 1.41. The summed E-state index contributed by atoms with van der Waals surface area (Å²) in [6.45, 7) is 1.68. The number of hydrogen-bond acceptors (Lipinski definition) is 4. The van der Waals surface area contributed by atoms with Gasteiger partial charge in [0.1, 0.15) is 24.2 Å². The number of aryl methyl sites for hydroxylation is 1. The van der Waals surface area contributed by atoms with E-state index in [1.807, 2.05) is 0 Å². The molecular weight excluding hydrogens is 265 g/mol. The van der Waals surface area contributed by atoms with Crippen LogP contribution in [0, 0.1) is 6.92 Å². The van der Waals surface area contributed by atoms with Crippen molar-refractivity contribution < 1.29 is 27.2 Å². The second-order valence-electron chi connectivity index (χ2n) is 4.19. The molecule has 5 nitrogen and oxygen atoms in total. The van der Waals surface area contributed by atoms with Gasteiger partial charge < -0.3 is 14.2 Å². The number of carbonyl (C=O) groups is 1. The second-order valence-corrected chi connectivity index (χ2v) is 4.19. The van der Waals surface area contributed by atoms with E-state index >= 15 is 0 Å². The Morgan fingerprint density at radius 1 is 1.58 bits per heavy atom. The van der Waals surface area contributed by atoms with Crippen LogP contribution in [0.1, 0.15) is 18.4 Å². The Balaban J connectivity index is 2.47. The molecule has 0 fully saturated rings. The third kappa shape index (κ3) is 5.29. The summed E-state index contributed by atoms with van der Waals surface area (Å²) in [6.07, 6.45) is -5.62. The zero-order chi connectivity index (χ0) is 14.6. The second kappa shape index (κ2) is 6.05. The molecule has 1 aromatic heterocycles. The average Bonchev–Trinajstić information content (AvgIpc) is 2.69. The van der Waals surface area contributed by atoms with Crippen LogP contribution in [-0.4, -0.2) is 41.9 Å². The summed E-state index contributed by atoms with van der Waals surface area (Å²) in [5, 5.41) is 3.69. The standard InChI is InChI=1S/C11H15F3N2O3/c1-7-4-9(15-19-7)5-16(3)10(17)8(2)18-6-11(12,13)14/h4,8H,5-6H2,1-3H3. The predicted molar refractivity (Wildman–Crippen MR) is 59.2 cm³/mol. The van der Waals surface area contributed by atoms with E-state index in [4.69, 9.17) is 4.52 Å². The maximum atomic E-state index is 12.0. The first-order valence-electron chi connectivity index (χ1n) is 5.54. The summed E-state index contributed by atoms with van der Waals surface area (Å²) < 4.78 is 45.2. The van der Waals surface area contributed by atoms with E-state index in [1.165, 1.54) is 18.9 Å². The summed E-state index contributed by atoms with van der Waals surface area (Å²) in [7, 11) is 1.46. The normalized spacial score (nSPS) is 13.4. The number of carbonyl (C=O) groups excluding carboxylic acids is 1. The lowest BCUT2D eigenvalue weighted by Crippen LogP contribution is -2.37. The number of likely N-dealkylation sites (N-methyl/N-ethyl adjacent to an activating group) is 1. The van der Waals surface area contributed by atoms with Gasteiger partial charge in [0.25, 0.3) is 5.91 Å². The minimum atomic E-state index is -4.45. The van der Waals surface area contributed by atoms with Gasteiger partial charge in [0.05, 0.1) is 6.54 Å². The van der Waals surface area contributed by atoms with Gasteiger partial charge in [-0.05, 0) is 13.8 Å². The molecule has 0 aliphatic carbocycles. The number of rotatable bonds is 5. The Bertz CT molecular complexity index is 431. The molecule has 0 bridgehead atoms. The van der Waals surface area contributed by atoms with Gasteiger partial charge in [-0.1, -0.05) is 5.16 Å². The number of alkyl halides is 3. The molecule has 0 N–H and O–H groups in total. The molecule has 1 aromatic rings. The Morgan fingerprint density at radius 2 is 2.21 bits per heavy atom. The van der Waals surface area contributed by atoms with Crippen molar-refractivity contribution in [2.24, 2.45) is 0 Å². The van der Waals surface area contributed by atoms with Crippen molar-refractivity contribution in [3.05, 3.63) is 17.5 Å². The first-order chi connectivity index (χ1) is 8.69. The lowest BCUT2D eigenvalue weighted by Gasteiger charge is -2.21. The monoisotopic (exact) mass is 280 g/mol. The third-order valence-electron chi connectivity index (χ3n) is 2.30. The summed E-state index contributed by atoms with van der Waals surface area (Å²) >= 11 is 0. The topological polar surface area (TPSA) is 55.6 Å². The molecule has 0 saturated carbocycles. The Labute approximate surface area is 108 Å². The Morgan fingerprint density at radius 3 is 2.68 bits per heavy atom. The van der Waals surface area contributed by atoms with Crippen LogP contribution >= 0.6 is 0 Å². The highest BCUT2D eigenvalue weighted by Gasteiger charge is 2.30. The first kappa shape index (κ1) is 15.5. The van der Waals surface area contributed by atoms with Crippen molar-refractivity contribution in [2.45, 2.75) is 32.7 Å². The average molecular weight is 280 g/mol. The van der Waals surface area contributed by atoms with E-state index < -0.39 is 24.8 Å². The van der Waals surface area contributed by atoms with E-state index in [0.717, 1.165) is 0 Å². The van der Waals surface area contributed by atoms with Gasteiger partial charge in [0, 0.05) is 13.1 Å². The van der Waals surface area contributed by atoms with Gasteiger partial charge >= 0.3 is 6.18 Å². The molecule has 0 saturated heterocycles. The van der Waals surface area contributed by atoms with Gasteiger partial charge in [-0.25, -0.2) is 0 Å².